The first-order valence-electron chi connectivity index (χ1n) is 12.3. The summed E-state index contributed by atoms with van der Waals surface area (Å²) in [7, 11) is 2.15. The molecule has 1 aliphatic rings. The lowest BCUT2D eigenvalue weighted by atomic mass is 10.1. The highest BCUT2D eigenvalue weighted by molar-refractivity contribution is 5.89. The summed E-state index contributed by atoms with van der Waals surface area (Å²) in [6, 6.07) is 12.6. The molecule has 4 aromatic rings. The van der Waals surface area contributed by atoms with E-state index >= 15 is 0 Å². The maximum atomic E-state index is 4.72. The second-order valence-corrected chi connectivity index (χ2v) is 9.52. The zero-order valence-corrected chi connectivity index (χ0v) is 21.1. The Labute approximate surface area is 212 Å². The van der Waals surface area contributed by atoms with Crippen molar-refractivity contribution in [3.05, 3.63) is 73.3 Å². The average molecular weight is 481 g/mol. The van der Waals surface area contributed by atoms with Gasteiger partial charge in [0.1, 0.15) is 17.5 Å². The van der Waals surface area contributed by atoms with Crippen LogP contribution in [0.5, 0.6) is 0 Å². The number of aromatic nitrogens is 4. The van der Waals surface area contributed by atoms with Gasteiger partial charge in [-0.15, -0.1) is 0 Å². The van der Waals surface area contributed by atoms with Gasteiger partial charge in [-0.25, -0.2) is 15.0 Å². The third-order valence-corrected chi connectivity index (χ3v) is 6.29. The van der Waals surface area contributed by atoms with Crippen molar-refractivity contribution in [2.75, 3.05) is 48.8 Å². The highest BCUT2D eigenvalue weighted by Crippen LogP contribution is 2.26. The van der Waals surface area contributed by atoms with Crippen molar-refractivity contribution < 1.29 is 0 Å². The third-order valence-electron chi connectivity index (χ3n) is 6.29. The molecule has 0 amide bonds. The van der Waals surface area contributed by atoms with Crippen molar-refractivity contribution >= 4 is 33.9 Å². The first-order chi connectivity index (χ1) is 17.4. The molecule has 2 N–H and O–H groups in total. The fraction of sp³-hybridized carbons (Fsp3) is 0.286. The third kappa shape index (κ3) is 5.44. The minimum atomic E-state index is 0.289. The molecule has 8 heteroatoms. The van der Waals surface area contributed by atoms with Crippen LogP contribution in [-0.2, 0) is 0 Å². The van der Waals surface area contributed by atoms with E-state index in [0.29, 0.717) is 0 Å². The minimum absolute atomic E-state index is 0.289. The number of likely N-dealkylation sites (N-methyl/N-ethyl adjacent to an activating group) is 1. The number of fused-ring (bicyclic) bond motifs is 1. The lowest BCUT2D eigenvalue weighted by molar-refractivity contribution is 0.312. The monoisotopic (exact) mass is 480 g/mol. The van der Waals surface area contributed by atoms with Gasteiger partial charge in [0.25, 0.3) is 0 Å². The fourth-order valence-corrected chi connectivity index (χ4v) is 4.28. The normalized spacial score (nSPS) is 14.3. The molecule has 0 atom stereocenters. The predicted molar refractivity (Wildman–Crippen MR) is 148 cm³/mol. The van der Waals surface area contributed by atoms with Crippen LogP contribution < -0.4 is 15.5 Å². The summed E-state index contributed by atoms with van der Waals surface area (Å²) in [6.45, 7) is 12.5. The number of piperazine rings is 1. The van der Waals surface area contributed by atoms with Crippen molar-refractivity contribution in [2.24, 2.45) is 0 Å². The van der Waals surface area contributed by atoms with Crippen LogP contribution in [0.2, 0.25) is 0 Å². The van der Waals surface area contributed by atoms with Gasteiger partial charge in [0.15, 0.2) is 0 Å². The van der Waals surface area contributed by atoms with E-state index in [1.54, 1.807) is 12.4 Å². The molecule has 0 saturated carbocycles. The Kier molecular flexibility index (Phi) is 6.77. The Morgan fingerprint density at radius 2 is 1.75 bits per heavy atom. The van der Waals surface area contributed by atoms with Gasteiger partial charge in [-0.2, -0.15) is 0 Å². The predicted octanol–water partition coefficient (Wildman–Crippen LogP) is 4.74. The highest BCUT2D eigenvalue weighted by Gasteiger charge is 2.16. The summed E-state index contributed by atoms with van der Waals surface area (Å²) in [4.78, 5) is 22.9. The zero-order chi connectivity index (χ0) is 25.1. The topological polar surface area (TPSA) is 82.1 Å². The van der Waals surface area contributed by atoms with Gasteiger partial charge >= 0.3 is 0 Å². The number of benzene rings is 1. The molecule has 184 valence electrons. The van der Waals surface area contributed by atoms with Gasteiger partial charge in [-0.3, -0.25) is 4.98 Å². The van der Waals surface area contributed by atoms with Gasteiger partial charge < -0.3 is 20.4 Å². The molecule has 0 radical (unpaired) electrons. The first kappa shape index (κ1) is 23.7. The summed E-state index contributed by atoms with van der Waals surface area (Å²) in [6.07, 6.45) is 7.26. The molecule has 36 heavy (non-hydrogen) atoms. The van der Waals surface area contributed by atoms with Crippen LogP contribution >= 0.6 is 0 Å². The largest absolute Gasteiger partial charge is 0.367 e. The second-order valence-electron chi connectivity index (χ2n) is 9.52. The van der Waals surface area contributed by atoms with Crippen LogP contribution in [0, 0.1) is 0 Å². The highest BCUT2D eigenvalue weighted by atomic mass is 15.3. The molecule has 0 aliphatic carbocycles. The first-order valence-corrected chi connectivity index (χ1v) is 12.3. The second kappa shape index (κ2) is 10.3. The maximum Gasteiger partial charge on any atom is 0.145 e. The SMILES string of the molecule is C=C(Nc1cc2cc(-c3cncc(NC(C)C)n3)ccc2cn1)c1ccnc(N2CCN(C)CC2)c1. The van der Waals surface area contributed by atoms with Gasteiger partial charge in [-0.05, 0) is 50.5 Å². The van der Waals surface area contributed by atoms with Gasteiger partial charge in [0, 0.05) is 66.8 Å². The molecule has 1 fully saturated rings. The molecule has 1 aliphatic heterocycles. The van der Waals surface area contributed by atoms with E-state index in [1.807, 2.05) is 24.5 Å². The van der Waals surface area contributed by atoms with Gasteiger partial charge in [-0.1, -0.05) is 18.7 Å². The van der Waals surface area contributed by atoms with E-state index in [2.05, 4.69) is 87.1 Å². The standard InChI is InChI=1S/C28H32N8/c1-19(2)32-27-18-29-17-25(34-27)22-5-6-23-16-31-26(14-24(23)13-22)33-20(3)21-7-8-30-28(15-21)36-11-9-35(4)10-12-36/h5-8,13-19H,3,9-12H2,1-2,4H3,(H,31,33)(H,32,34). The van der Waals surface area contributed by atoms with Crippen molar-refractivity contribution in [2.45, 2.75) is 19.9 Å². The number of nitrogens with zero attached hydrogens (tertiary/aromatic N) is 6. The van der Waals surface area contributed by atoms with Crippen LogP contribution in [0.3, 0.4) is 0 Å². The van der Waals surface area contributed by atoms with Crippen molar-refractivity contribution in [1.29, 1.82) is 0 Å². The molecule has 3 aromatic heterocycles. The summed E-state index contributed by atoms with van der Waals surface area (Å²) in [5.74, 6) is 2.49. The Bertz CT molecular complexity index is 1380. The smallest absolute Gasteiger partial charge is 0.145 e. The van der Waals surface area contributed by atoms with E-state index in [1.165, 1.54) is 0 Å². The van der Waals surface area contributed by atoms with Gasteiger partial charge in [0.2, 0.25) is 0 Å². The molecule has 5 rings (SSSR count). The van der Waals surface area contributed by atoms with Crippen LogP contribution in [0.15, 0.2) is 67.8 Å². The van der Waals surface area contributed by atoms with Crippen molar-refractivity contribution in [3.8, 4) is 11.3 Å². The number of hydrogen-bond donors (Lipinski definition) is 2. The summed E-state index contributed by atoms with van der Waals surface area (Å²) in [5, 5.41) is 8.81. The maximum absolute atomic E-state index is 4.72. The van der Waals surface area contributed by atoms with E-state index in [0.717, 1.165) is 76.9 Å². The molecule has 0 bridgehead atoms. The summed E-state index contributed by atoms with van der Waals surface area (Å²) in [5.41, 5.74) is 3.62. The Morgan fingerprint density at radius 3 is 2.56 bits per heavy atom. The van der Waals surface area contributed by atoms with Crippen molar-refractivity contribution in [3.63, 3.8) is 0 Å². The minimum Gasteiger partial charge on any atom is -0.367 e. The van der Waals surface area contributed by atoms with E-state index in [9.17, 15) is 0 Å². The molecule has 0 spiro atoms. The molecule has 1 aromatic carbocycles. The Morgan fingerprint density at radius 1 is 0.917 bits per heavy atom. The van der Waals surface area contributed by atoms with Gasteiger partial charge in [0.05, 0.1) is 18.1 Å². The quantitative estimate of drug-likeness (QED) is 0.393. The number of anilines is 3. The molecule has 4 heterocycles. The summed E-state index contributed by atoms with van der Waals surface area (Å²) < 4.78 is 0. The van der Waals surface area contributed by atoms with E-state index in [-0.39, 0.29) is 6.04 Å². The number of nitrogens with one attached hydrogen (secondary N) is 2. The van der Waals surface area contributed by atoms with Crippen LogP contribution in [-0.4, -0.2) is 64.1 Å². The summed E-state index contributed by atoms with van der Waals surface area (Å²) >= 11 is 0. The molecule has 1 saturated heterocycles. The average Bonchev–Trinajstić information content (AvgIpc) is 2.88. The van der Waals surface area contributed by atoms with Crippen LogP contribution in [0.1, 0.15) is 19.4 Å². The Balaban J connectivity index is 1.35. The van der Waals surface area contributed by atoms with Crippen LogP contribution in [0.4, 0.5) is 17.5 Å². The molecular formula is C28H32N8. The van der Waals surface area contributed by atoms with E-state index < -0.39 is 0 Å². The molecule has 8 nitrogen and oxygen atoms in total. The number of hydrogen-bond acceptors (Lipinski definition) is 8. The fourth-order valence-electron chi connectivity index (χ4n) is 4.28. The number of pyridine rings is 2. The molecular weight excluding hydrogens is 448 g/mol. The van der Waals surface area contributed by atoms with Crippen molar-refractivity contribution in [1.82, 2.24) is 24.8 Å². The van der Waals surface area contributed by atoms with Crippen LogP contribution in [0.25, 0.3) is 27.7 Å². The Hall–Kier alpha value is -4.04. The molecule has 0 unspecified atom stereocenters. The lowest BCUT2D eigenvalue weighted by Crippen LogP contribution is -2.44. The number of rotatable bonds is 7. The van der Waals surface area contributed by atoms with E-state index in [4.69, 9.17) is 4.98 Å². The lowest BCUT2D eigenvalue weighted by Gasteiger charge is -2.33. The zero-order valence-electron chi connectivity index (χ0n) is 21.1.